The summed E-state index contributed by atoms with van der Waals surface area (Å²) in [7, 11) is 0. The van der Waals surface area contributed by atoms with E-state index in [0.717, 1.165) is 12.8 Å². The fourth-order valence-electron chi connectivity index (χ4n) is 2.77. The van der Waals surface area contributed by atoms with Crippen LogP contribution in [0, 0.1) is 5.92 Å². The predicted molar refractivity (Wildman–Crippen MR) is 94.5 cm³/mol. The molecule has 1 heterocycles. The third kappa shape index (κ3) is 4.77. The zero-order valence-corrected chi connectivity index (χ0v) is 15.4. The lowest BCUT2D eigenvalue weighted by Gasteiger charge is -2.33. The minimum Gasteiger partial charge on any atom is -0.481 e. The Labute approximate surface area is 152 Å². The third-order valence-electron chi connectivity index (χ3n) is 4.01. The molecule has 0 spiro atoms. The molecule has 24 heavy (non-hydrogen) atoms. The number of benzene rings is 1. The first-order valence-electron chi connectivity index (χ1n) is 8.10. The molecule has 1 aromatic carbocycles. The maximum atomic E-state index is 12.6. The van der Waals surface area contributed by atoms with E-state index in [1.807, 2.05) is 6.92 Å². The number of hydrogen-bond acceptors (Lipinski definition) is 3. The van der Waals surface area contributed by atoms with Crippen molar-refractivity contribution in [1.29, 1.82) is 0 Å². The number of nitrogens with one attached hydrogen (secondary N) is 1. The van der Waals surface area contributed by atoms with Crippen molar-refractivity contribution in [2.75, 3.05) is 19.6 Å². The van der Waals surface area contributed by atoms with Crippen LogP contribution in [0.3, 0.4) is 0 Å². The van der Waals surface area contributed by atoms with Gasteiger partial charge in [0.25, 0.3) is 5.91 Å². The standard InChI is InChI=1S/C17H22Cl2N2O3/c1-3-20-16(22)12-5-4-8-21(10-12)17(23)11(2)24-13-6-7-14(18)15(19)9-13/h6-7,9,11-12H,3-5,8,10H2,1-2H3,(H,20,22). The van der Waals surface area contributed by atoms with E-state index in [0.29, 0.717) is 35.4 Å². The van der Waals surface area contributed by atoms with Crippen molar-refractivity contribution in [2.45, 2.75) is 32.8 Å². The Kier molecular flexibility index (Phi) is 6.75. The summed E-state index contributed by atoms with van der Waals surface area (Å²) in [6, 6.07) is 4.88. The highest BCUT2D eigenvalue weighted by molar-refractivity contribution is 6.42. The minimum absolute atomic E-state index is 0.00746. The molecule has 0 aromatic heterocycles. The van der Waals surface area contributed by atoms with Crippen LogP contribution < -0.4 is 10.1 Å². The molecule has 1 N–H and O–H groups in total. The highest BCUT2D eigenvalue weighted by Gasteiger charge is 2.30. The number of nitrogens with zero attached hydrogens (tertiary/aromatic N) is 1. The SMILES string of the molecule is CCNC(=O)C1CCCN(C(=O)C(C)Oc2ccc(Cl)c(Cl)c2)C1. The monoisotopic (exact) mass is 372 g/mol. The second-order valence-electron chi connectivity index (χ2n) is 5.85. The Morgan fingerprint density at radius 3 is 2.79 bits per heavy atom. The van der Waals surface area contributed by atoms with Crippen LogP contribution in [-0.2, 0) is 9.59 Å². The van der Waals surface area contributed by atoms with Crippen molar-refractivity contribution in [3.05, 3.63) is 28.2 Å². The van der Waals surface area contributed by atoms with Crippen LogP contribution >= 0.6 is 23.2 Å². The van der Waals surface area contributed by atoms with Crippen molar-refractivity contribution in [1.82, 2.24) is 10.2 Å². The van der Waals surface area contributed by atoms with Gasteiger partial charge in [0, 0.05) is 25.7 Å². The van der Waals surface area contributed by atoms with Crippen molar-refractivity contribution in [2.24, 2.45) is 5.92 Å². The van der Waals surface area contributed by atoms with Gasteiger partial charge in [0.1, 0.15) is 5.75 Å². The van der Waals surface area contributed by atoms with Crippen LogP contribution in [0.25, 0.3) is 0 Å². The summed E-state index contributed by atoms with van der Waals surface area (Å²) in [4.78, 5) is 26.3. The van der Waals surface area contributed by atoms with Gasteiger partial charge in [0.2, 0.25) is 5.91 Å². The van der Waals surface area contributed by atoms with Gasteiger partial charge >= 0.3 is 0 Å². The Morgan fingerprint density at radius 2 is 2.12 bits per heavy atom. The molecular formula is C17H22Cl2N2O3. The van der Waals surface area contributed by atoms with E-state index < -0.39 is 6.10 Å². The number of likely N-dealkylation sites (tertiary alicyclic amines) is 1. The summed E-state index contributed by atoms with van der Waals surface area (Å²) >= 11 is 11.8. The van der Waals surface area contributed by atoms with Gasteiger partial charge in [-0.25, -0.2) is 0 Å². The molecule has 132 valence electrons. The van der Waals surface area contributed by atoms with Gasteiger partial charge < -0.3 is 15.0 Å². The summed E-state index contributed by atoms with van der Waals surface area (Å²) in [5.74, 6) is 0.213. The van der Waals surface area contributed by atoms with Gasteiger partial charge in [-0.1, -0.05) is 23.2 Å². The first-order valence-corrected chi connectivity index (χ1v) is 8.86. The van der Waals surface area contributed by atoms with Crippen LogP contribution in [0.2, 0.25) is 10.0 Å². The molecule has 1 aliphatic heterocycles. The van der Waals surface area contributed by atoms with Crippen LogP contribution in [0.1, 0.15) is 26.7 Å². The first kappa shape index (κ1) is 18.9. The number of ether oxygens (including phenoxy) is 1. The average molecular weight is 373 g/mol. The average Bonchev–Trinajstić information content (AvgIpc) is 2.57. The minimum atomic E-state index is -0.657. The van der Waals surface area contributed by atoms with E-state index in [1.165, 1.54) is 0 Å². The maximum Gasteiger partial charge on any atom is 0.263 e. The summed E-state index contributed by atoms with van der Waals surface area (Å²) < 4.78 is 5.67. The van der Waals surface area contributed by atoms with Crippen molar-refractivity contribution < 1.29 is 14.3 Å². The van der Waals surface area contributed by atoms with Gasteiger partial charge in [-0.3, -0.25) is 9.59 Å². The molecule has 1 saturated heterocycles. The first-order chi connectivity index (χ1) is 11.4. The van der Waals surface area contributed by atoms with Gasteiger partial charge in [-0.15, -0.1) is 0 Å². The van der Waals surface area contributed by atoms with E-state index in [-0.39, 0.29) is 17.7 Å². The molecule has 0 radical (unpaired) electrons. The molecule has 1 aliphatic rings. The Hall–Kier alpha value is -1.46. The lowest BCUT2D eigenvalue weighted by Crippen LogP contribution is -2.49. The number of carbonyl (C=O) groups is 2. The van der Waals surface area contributed by atoms with Crippen LogP contribution in [-0.4, -0.2) is 42.5 Å². The molecule has 7 heteroatoms. The van der Waals surface area contributed by atoms with E-state index in [9.17, 15) is 9.59 Å². The molecular weight excluding hydrogens is 351 g/mol. The molecule has 2 rings (SSSR count). The molecule has 2 amide bonds. The topological polar surface area (TPSA) is 58.6 Å². The number of hydrogen-bond donors (Lipinski definition) is 1. The molecule has 1 fully saturated rings. The fourth-order valence-corrected chi connectivity index (χ4v) is 3.06. The molecule has 0 saturated carbocycles. The lowest BCUT2D eigenvalue weighted by atomic mass is 9.96. The number of halogens is 2. The van der Waals surface area contributed by atoms with Gasteiger partial charge in [-0.05, 0) is 38.8 Å². The second-order valence-corrected chi connectivity index (χ2v) is 6.67. The molecule has 0 bridgehead atoms. The lowest BCUT2D eigenvalue weighted by molar-refractivity contribution is -0.141. The molecule has 2 atom stereocenters. The van der Waals surface area contributed by atoms with E-state index in [1.54, 1.807) is 30.0 Å². The zero-order valence-electron chi connectivity index (χ0n) is 13.9. The van der Waals surface area contributed by atoms with Crippen molar-refractivity contribution >= 4 is 35.0 Å². The van der Waals surface area contributed by atoms with Crippen LogP contribution in [0.5, 0.6) is 5.75 Å². The van der Waals surface area contributed by atoms with E-state index in [4.69, 9.17) is 27.9 Å². The van der Waals surface area contributed by atoms with Gasteiger partial charge in [0.15, 0.2) is 6.10 Å². The predicted octanol–water partition coefficient (Wildman–Crippen LogP) is 3.14. The Morgan fingerprint density at radius 1 is 1.38 bits per heavy atom. The van der Waals surface area contributed by atoms with Crippen molar-refractivity contribution in [3.8, 4) is 5.75 Å². The normalized spacial score (nSPS) is 18.8. The molecule has 1 aromatic rings. The van der Waals surface area contributed by atoms with Crippen LogP contribution in [0.4, 0.5) is 0 Å². The summed E-state index contributed by atoms with van der Waals surface area (Å²) in [5, 5.41) is 3.63. The number of piperidine rings is 1. The summed E-state index contributed by atoms with van der Waals surface area (Å²) in [6.07, 6.45) is 0.959. The quantitative estimate of drug-likeness (QED) is 0.863. The second kappa shape index (κ2) is 8.58. The molecule has 0 aliphatic carbocycles. The van der Waals surface area contributed by atoms with E-state index >= 15 is 0 Å². The largest absolute Gasteiger partial charge is 0.481 e. The van der Waals surface area contributed by atoms with Crippen molar-refractivity contribution in [3.63, 3.8) is 0 Å². The molecule has 2 unspecified atom stereocenters. The molecule has 5 nitrogen and oxygen atoms in total. The maximum absolute atomic E-state index is 12.6. The fraction of sp³-hybridized carbons (Fsp3) is 0.529. The smallest absolute Gasteiger partial charge is 0.263 e. The van der Waals surface area contributed by atoms with Gasteiger partial charge in [0.05, 0.1) is 16.0 Å². The summed E-state index contributed by atoms with van der Waals surface area (Å²) in [6.45, 7) is 5.25. The Bertz CT molecular complexity index is 609. The zero-order chi connectivity index (χ0) is 17.7. The Balaban J connectivity index is 1.96. The van der Waals surface area contributed by atoms with Crippen LogP contribution in [0.15, 0.2) is 18.2 Å². The summed E-state index contributed by atoms with van der Waals surface area (Å²) in [5.41, 5.74) is 0. The number of rotatable bonds is 5. The highest BCUT2D eigenvalue weighted by atomic mass is 35.5. The van der Waals surface area contributed by atoms with E-state index in [2.05, 4.69) is 5.32 Å². The van der Waals surface area contributed by atoms with Gasteiger partial charge in [-0.2, -0.15) is 0 Å². The highest BCUT2D eigenvalue weighted by Crippen LogP contribution is 2.27. The number of carbonyl (C=O) groups excluding carboxylic acids is 2. The number of amides is 2. The third-order valence-corrected chi connectivity index (χ3v) is 4.75.